The highest BCUT2D eigenvalue weighted by Gasteiger charge is 1.88. The second-order valence-corrected chi connectivity index (χ2v) is 1.96. The first-order chi connectivity index (χ1) is 4.29. The van der Waals surface area contributed by atoms with Crippen molar-refractivity contribution in [3.05, 3.63) is 6.33 Å². The molecule has 0 radical (unpaired) electrons. The standard InChI is InChI=1S/C4H5ClN4/c1-3(5)8-4-6-2-7-9-4/h2H,1H3,(H,6,7,9)/b8-3+. The van der Waals surface area contributed by atoms with Gasteiger partial charge in [-0.05, 0) is 6.92 Å². The Bertz CT molecular complexity index is 198. The van der Waals surface area contributed by atoms with Crippen molar-refractivity contribution >= 4 is 22.7 Å². The predicted molar refractivity (Wildman–Crippen MR) is 35.0 cm³/mol. The fraction of sp³-hybridized carbons (Fsp3) is 0.250. The molecule has 0 amide bonds. The van der Waals surface area contributed by atoms with E-state index in [0.29, 0.717) is 11.1 Å². The number of hydrogen-bond acceptors (Lipinski definition) is 3. The van der Waals surface area contributed by atoms with E-state index in [1.54, 1.807) is 6.92 Å². The van der Waals surface area contributed by atoms with Gasteiger partial charge in [0.05, 0.1) is 0 Å². The number of halogens is 1. The molecule has 1 heterocycles. The third kappa shape index (κ3) is 1.81. The average Bonchev–Trinajstić information content (AvgIpc) is 2.15. The highest BCUT2D eigenvalue weighted by Crippen LogP contribution is 2.00. The largest absolute Gasteiger partial charge is 0.246 e. The number of aliphatic imine (C=N–C) groups is 1. The van der Waals surface area contributed by atoms with E-state index < -0.39 is 0 Å². The van der Waals surface area contributed by atoms with Gasteiger partial charge in [-0.1, -0.05) is 11.6 Å². The Hall–Kier alpha value is -0.900. The van der Waals surface area contributed by atoms with Gasteiger partial charge >= 0.3 is 0 Å². The molecule has 0 aliphatic rings. The van der Waals surface area contributed by atoms with E-state index in [1.165, 1.54) is 6.33 Å². The highest BCUT2D eigenvalue weighted by atomic mass is 35.5. The van der Waals surface area contributed by atoms with Crippen LogP contribution in [0.4, 0.5) is 5.95 Å². The molecule has 0 saturated heterocycles. The smallest absolute Gasteiger partial charge is 0.244 e. The Balaban J connectivity index is 2.80. The van der Waals surface area contributed by atoms with Crippen molar-refractivity contribution < 1.29 is 0 Å². The Morgan fingerprint density at radius 2 is 2.67 bits per heavy atom. The molecule has 9 heavy (non-hydrogen) atoms. The van der Waals surface area contributed by atoms with Crippen LogP contribution in [0.1, 0.15) is 6.92 Å². The number of hydrogen-bond donors (Lipinski definition) is 1. The van der Waals surface area contributed by atoms with Crippen LogP contribution in [0.2, 0.25) is 0 Å². The molecule has 0 fully saturated rings. The minimum absolute atomic E-state index is 0.433. The lowest BCUT2D eigenvalue weighted by Gasteiger charge is -1.80. The molecule has 1 aromatic rings. The summed E-state index contributed by atoms with van der Waals surface area (Å²) in [7, 11) is 0. The van der Waals surface area contributed by atoms with E-state index in [9.17, 15) is 0 Å². The minimum atomic E-state index is 0.433. The molecule has 1 aromatic heterocycles. The number of nitrogens with one attached hydrogen (secondary N) is 1. The maximum Gasteiger partial charge on any atom is 0.246 e. The minimum Gasteiger partial charge on any atom is -0.244 e. The summed E-state index contributed by atoms with van der Waals surface area (Å²) >= 11 is 5.43. The van der Waals surface area contributed by atoms with E-state index in [4.69, 9.17) is 11.6 Å². The molecule has 0 atom stereocenters. The molecule has 48 valence electrons. The quantitative estimate of drug-likeness (QED) is 0.600. The Kier molecular flexibility index (Phi) is 1.79. The summed E-state index contributed by atoms with van der Waals surface area (Å²) in [4.78, 5) is 7.49. The third-order valence-electron chi connectivity index (χ3n) is 0.662. The van der Waals surface area contributed by atoms with Crippen molar-refractivity contribution in [2.24, 2.45) is 4.99 Å². The predicted octanol–water partition coefficient (Wildman–Crippen LogP) is 1.09. The van der Waals surface area contributed by atoms with Crippen LogP contribution in [0.5, 0.6) is 0 Å². The number of rotatable bonds is 1. The molecule has 5 heteroatoms. The van der Waals surface area contributed by atoms with Gasteiger partial charge in [0, 0.05) is 0 Å². The van der Waals surface area contributed by atoms with E-state index >= 15 is 0 Å². The van der Waals surface area contributed by atoms with Crippen LogP contribution in [-0.4, -0.2) is 20.4 Å². The van der Waals surface area contributed by atoms with Crippen LogP contribution in [0.15, 0.2) is 11.3 Å². The van der Waals surface area contributed by atoms with Gasteiger partial charge < -0.3 is 0 Å². The van der Waals surface area contributed by atoms with Gasteiger partial charge in [0.2, 0.25) is 5.95 Å². The van der Waals surface area contributed by atoms with Gasteiger partial charge in [-0.15, -0.1) is 0 Å². The van der Waals surface area contributed by atoms with Gasteiger partial charge in [-0.25, -0.2) is 10.1 Å². The van der Waals surface area contributed by atoms with Crippen molar-refractivity contribution in [3.63, 3.8) is 0 Å². The highest BCUT2D eigenvalue weighted by molar-refractivity contribution is 6.65. The Labute approximate surface area is 57.0 Å². The number of aromatic amines is 1. The number of aromatic nitrogens is 3. The molecular weight excluding hydrogens is 140 g/mol. The van der Waals surface area contributed by atoms with Gasteiger partial charge in [0.15, 0.2) is 0 Å². The van der Waals surface area contributed by atoms with Crippen molar-refractivity contribution in [2.75, 3.05) is 0 Å². The zero-order valence-electron chi connectivity index (χ0n) is 4.80. The van der Waals surface area contributed by atoms with Gasteiger partial charge in [0.1, 0.15) is 11.5 Å². The zero-order chi connectivity index (χ0) is 6.69. The second kappa shape index (κ2) is 2.59. The van der Waals surface area contributed by atoms with E-state index in [0.717, 1.165) is 0 Å². The summed E-state index contributed by atoms with van der Waals surface area (Å²) < 4.78 is 0. The molecule has 1 rings (SSSR count). The topological polar surface area (TPSA) is 53.9 Å². The summed E-state index contributed by atoms with van der Waals surface area (Å²) in [5.74, 6) is 0.433. The molecule has 1 N–H and O–H groups in total. The summed E-state index contributed by atoms with van der Waals surface area (Å²) in [6.45, 7) is 1.67. The molecule has 0 unspecified atom stereocenters. The van der Waals surface area contributed by atoms with Gasteiger partial charge in [0.25, 0.3) is 0 Å². The molecule has 0 spiro atoms. The van der Waals surface area contributed by atoms with E-state index in [-0.39, 0.29) is 0 Å². The molecule has 0 saturated carbocycles. The molecular formula is C4H5ClN4. The SMILES string of the molecule is C/C(Cl)=N\c1ncn[nH]1. The second-order valence-electron chi connectivity index (χ2n) is 1.42. The molecule has 0 aliphatic heterocycles. The van der Waals surface area contributed by atoms with Gasteiger partial charge in [-0.3, -0.25) is 0 Å². The lowest BCUT2D eigenvalue weighted by molar-refractivity contribution is 1.08. The lowest BCUT2D eigenvalue weighted by Crippen LogP contribution is -1.74. The summed E-state index contributed by atoms with van der Waals surface area (Å²) in [5.41, 5.74) is 0. The summed E-state index contributed by atoms with van der Waals surface area (Å²) in [6, 6.07) is 0. The van der Waals surface area contributed by atoms with Crippen LogP contribution in [-0.2, 0) is 0 Å². The van der Waals surface area contributed by atoms with Crippen molar-refractivity contribution in [1.29, 1.82) is 0 Å². The van der Waals surface area contributed by atoms with Crippen LogP contribution >= 0.6 is 11.6 Å². The van der Waals surface area contributed by atoms with Crippen LogP contribution in [0.25, 0.3) is 0 Å². The zero-order valence-corrected chi connectivity index (χ0v) is 5.55. The normalized spacial score (nSPS) is 12.0. The maximum absolute atomic E-state index is 5.43. The Morgan fingerprint density at radius 1 is 1.89 bits per heavy atom. The van der Waals surface area contributed by atoms with E-state index in [2.05, 4.69) is 20.2 Å². The van der Waals surface area contributed by atoms with Gasteiger partial charge in [-0.2, -0.15) is 10.1 Å². The van der Waals surface area contributed by atoms with Crippen molar-refractivity contribution in [1.82, 2.24) is 15.2 Å². The lowest BCUT2D eigenvalue weighted by atomic mass is 10.8. The summed E-state index contributed by atoms with van der Waals surface area (Å²) in [5, 5.41) is 6.55. The first-order valence-electron chi connectivity index (χ1n) is 2.35. The first-order valence-corrected chi connectivity index (χ1v) is 2.73. The number of nitrogens with zero attached hydrogens (tertiary/aromatic N) is 3. The van der Waals surface area contributed by atoms with Crippen molar-refractivity contribution in [3.8, 4) is 0 Å². The maximum atomic E-state index is 5.43. The van der Waals surface area contributed by atoms with Crippen LogP contribution < -0.4 is 0 Å². The first kappa shape index (κ1) is 6.22. The van der Waals surface area contributed by atoms with E-state index in [1.807, 2.05) is 0 Å². The van der Waals surface area contributed by atoms with Crippen LogP contribution in [0, 0.1) is 0 Å². The average molecular weight is 145 g/mol. The Morgan fingerprint density at radius 3 is 3.11 bits per heavy atom. The van der Waals surface area contributed by atoms with Crippen LogP contribution in [0.3, 0.4) is 0 Å². The third-order valence-corrected chi connectivity index (χ3v) is 0.747. The molecule has 0 bridgehead atoms. The molecule has 0 aliphatic carbocycles. The molecule has 0 aromatic carbocycles. The van der Waals surface area contributed by atoms with Crippen molar-refractivity contribution in [2.45, 2.75) is 6.92 Å². The monoisotopic (exact) mass is 144 g/mol. The number of H-pyrrole nitrogens is 1. The summed E-state index contributed by atoms with van der Waals surface area (Å²) in [6.07, 6.45) is 1.37. The fourth-order valence-electron chi connectivity index (χ4n) is 0.399. The molecule has 4 nitrogen and oxygen atoms in total. The fourth-order valence-corrected chi connectivity index (χ4v) is 0.479.